The summed E-state index contributed by atoms with van der Waals surface area (Å²) in [4.78, 5) is 8.53. The largest absolute Gasteiger partial charge is 0.494 e. The summed E-state index contributed by atoms with van der Waals surface area (Å²) >= 11 is 1.49. The third kappa shape index (κ3) is 2.19. The predicted octanol–water partition coefficient (Wildman–Crippen LogP) is 2.13. The van der Waals surface area contributed by atoms with E-state index in [1.165, 1.54) is 18.4 Å². The molecular formula is C11H10N4OS. The first-order chi connectivity index (χ1) is 8.28. The van der Waals surface area contributed by atoms with Gasteiger partial charge in [-0.05, 0) is 12.1 Å². The molecule has 17 heavy (non-hydrogen) atoms. The zero-order valence-corrected chi connectivity index (χ0v) is 10.2. The first-order valence-corrected chi connectivity index (χ1v) is 5.75. The maximum Gasteiger partial charge on any atom is 0.183 e. The Labute approximate surface area is 103 Å². The molecule has 2 aromatic heterocycles. The summed E-state index contributed by atoms with van der Waals surface area (Å²) in [5.74, 6) is 0.473. The smallest absolute Gasteiger partial charge is 0.183 e. The molecule has 0 bridgehead atoms. The average molecular weight is 246 g/mol. The summed E-state index contributed by atoms with van der Waals surface area (Å²) in [6.45, 7) is 0. The normalized spacial score (nSPS) is 9.71. The highest BCUT2D eigenvalue weighted by Gasteiger charge is 2.09. The fourth-order valence-corrected chi connectivity index (χ4v) is 2.01. The number of nitrogens with one attached hydrogen (secondary N) is 1. The lowest BCUT2D eigenvalue weighted by Gasteiger charge is -2.02. The van der Waals surface area contributed by atoms with Crippen LogP contribution in [0.3, 0.4) is 0 Å². The van der Waals surface area contributed by atoms with E-state index in [-0.39, 0.29) is 5.69 Å². The monoisotopic (exact) mass is 246 g/mol. The van der Waals surface area contributed by atoms with E-state index in [9.17, 15) is 0 Å². The van der Waals surface area contributed by atoms with Crippen molar-refractivity contribution >= 4 is 16.5 Å². The van der Waals surface area contributed by atoms with Crippen molar-refractivity contribution in [2.45, 2.75) is 0 Å². The van der Waals surface area contributed by atoms with Crippen LogP contribution in [-0.4, -0.2) is 24.1 Å². The van der Waals surface area contributed by atoms with E-state index in [0.717, 1.165) is 10.8 Å². The molecule has 2 rings (SSSR count). The van der Waals surface area contributed by atoms with Crippen LogP contribution in [0.2, 0.25) is 0 Å². The summed E-state index contributed by atoms with van der Waals surface area (Å²) in [6.07, 6.45) is 0. The Balaban J connectivity index is 2.43. The Bertz CT molecular complexity index is 573. The molecule has 6 heteroatoms. The standard InChI is InChI=1S/C11H10N4OS/c1-13-11-15-9(6-17-11)7-3-4-10(16-2)8(5-12)14-7/h3-4,6H,1-2H3,(H,13,15). The van der Waals surface area contributed by atoms with Gasteiger partial charge in [0.2, 0.25) is 0 Å². The van der Waals surface area contributed by atoms with Gasteiger partial charge in [-0.1, -0.05) is 0 Å². The number of rotatable bonds is 3. The van der Waals surface area contributed by atoms with Crippen LogP contribution in [0.4, 0.5) is 5.13 Å². The van der Waals surface area contributed by atoms with Gasteiger partial charge in [0.25, 0.3) is 0 Å². The number of hydrogen-bond acceptors (Lipinski definition) is 6. The van der Waals surface area contributed by atoms with Crippen molar-refractivity contribution in [2.75, 3.05) is 19.5 Å². The quantitative estimate of drug-likeness (QED) is 0.898. The van der Waals surface area contributed by atoms with Crippen LogP contribution >= 0.6 is 11.3 Å². The van der Waals surface area contributed by atoms with Crippen LogP contribution in [0.15, 0.2) is 17.5 Å². The summed E-state index contributed by atoms with van der Waals surface area (Å²) in [6, 6.07) is 5.51. The third-order valence-electron chi connectivity index (χ3n) is 2.16. The Morgan fingerprint density at radius 3 is 2.76 bits per heavy atom. The summed E-state index contributed by atoms with van der Waals surface area (Å²) < 4.78 is 5.04. The van der Waals surface area contributed by atoms with Gasteiger partial charge in [-0.3, -0.25) is 0 Å². The molecule has 0 saturated carbocycles. The third-order valence-corrected chi connectivity index (χ3v) is 3.02. The Kier molecular flexibility index (Phi) is 3.21. The van der Waals surface area contributed by atoms with Crippen LogP contribution in [-0.2, 0) is 0 Å². The predicted molar refractivity (Wildman–Crippen MR) is 66.2 cm³/mol. The SMILES string of the molecule is CNc1nc(-c2ccc(OC)c(C#N)n2)cs1. The highest BCUT2D eigenvalue weighted by Crippen LogP contribution is 2.25. The van der Waals surface area contributed by atoms with Crippen molar-refractivity contribution in [1.82, 2.24) is 9.97 Å². The van der Waals surface area contributed by atoms with Crippen LogP contribution in [0.25, 0.3) is 11.4 Å². The van der Waals surface area contributed by atoms with Gasteiger partial charge in [0.1, 0.15) is 11.8 Å². The van der Waals surface area contributed by atoms with Crippen molar-refractivity contribution in [3.8, 4) is 23.2 Å². The molecule has 1 N–H and O–H groups in total. The molecule has 0 aromatic carbocycles. The number of hydrogen-bond donors (Lipinski definition) is 1. The average Bonchev–Trinajstić information content (AvgIpc) is 2.86. The number of ether oxygens (including phenoxy) is 1. The number of thiazole rings is 1. The zero-order chi connectivity index (χ0) is 12.3. The van der Waals surface area contributed by atoms with E-state index >= 15 is 0 Å². The number of methoxy groups -OCH3 is 1. The lowest BCUT2D eigenvalue weighted by Crippen LogP contribution is -1.94. The van der Waals surface area contributed by atoms with Crippen LogP contribution in [0, 0.1) is 11.3 Å². The van der Waals surface area contributed by atoms with E-state index in [2.05, 4.69) is 15.3 Å². The fraction of sp³-hybridized carbons (Fsp3) is 0.182. The minimum Gasteiger partial charge on any atom is -0.494 e. The second kappa shape index (κ2) is 4.80. The van der Waals surface area contributed by atoms with Crippen molar-refractivity contribution < 1.29 is 4.74 Å². The number of aromatic nitrogens is 2. The van der Waals surface area contributed by atoms with Crippen molar-refractivity contribution in [1.29, 1.82) is 5.26 Å². The van der Waals surface area contributed by atoms with Crippen molar-refractivity contribution in [2.24, 2.45) is 0 Å². The van der Waals surface area contributed by atoms with Gasteiger partial charge in [0.15, 0.2) is 16.6 Å². The van der Waals surface area contributed by atoms with E-state index in [1.807, 2.05) is 18.5 Å². The van der Waals surface area contributed by atoms with Crippen LogP contribution < -0.4 is 10.1 Å². The lowest BCUT2D eigenvalue weighted by atomic mass is 10.2. The lowest BCUT2D eigenvalue weighted by molar-refractivity contribution is 0.411. The number of nitriles is 1. The molecule has 0 amide bonds. The van der Waals surface area contributed by atoms with E-state index < -0.39 is 0 Å². The topological polar surface area (TPSA) is 70.8 Å². The fourth-order valence-electron chi connectivity index (χ4n) is 1.34. The molecule has 86 valence electrons. The maximum atomic E-state index is 8.95. The molecule has 0 aliphatic rings. The van der Waals surface area contributed by atoms with Gasteiger partial charge in [0.05, 0.1) is 12.8 Å². The Morgan fingerprint density at radius 2 is 2.18 bits per heavy atom. The summed E-state index contributed by atoms with van der Waals surface area (Å²) in [5.41, 5.74) is 1.68. The Morgan fingerprint density at radius 1 is 1.35 bits per heavy atom. The molecule has 0 fully saturated rings. The zero-order valence-electron chi connectivity index (χ0n) is 9.39. The molecular weight excluding hydrogens is 236 g/mol. The first kappa shape index (κ1) is 11.4. The molecule has 0 saturated heterocycles. The van der Waals surface area contributed by atoms with Gasteiger partial charge in [-0.15, -0.1) is 11.3 Å². The molecule has 0 radical (unpaired) electrons. The molecule has 0 aliphatic heterocycles. The van der Waals surface area contributed by atoms with Gasteiger partial charge >= 0.3 is 0 Å². The Hall–Kier alpha value is -2.13. The highest BCUT2D eigenvalue weighted by molar-refractivity contribution is 7.14. The second-order valence-corrected chi connectivity index (χ2v) is 4.01. The number of anilines is 1. The molecule has 2 heterocycles. The van der Waals surface area contributed by atoms with Crippen molar-refractivity contribution in [3.05, 3.63) is 23.2 Å². The molecule has 0 aliphatic carbocycles. The van der Waals surface area contributed by atoms with Crippen LogP contribution in [0.5, 0.6) is 5.75 Å². The van der Waals surface area contributed by atoms with Gasteiger partial charge in [-0.2, -0.15) is 5.26 Å². The minimum atomic E-state index is 0.268. The molecule has 0 spiro atoms. The minimum absolute atomic E-state index is 0.268. The van der Waals surface area contributed by atoms with Crippen molar-refractivity contribution in [3.63, 3.8) is 0 Å². The maximum absolute atomic E-state index is 8.95. The molecule has 2 aromatic rings. The molecule has 5 nitrogen and oxygen atoms in total. The van der Waals surface area contributed by atoms with Gasteiger partial charge in [-0.25, -0.2) is 9.97 Å². The first-order valence-electron chi connectivity index (χ1n) is 4.87. The molecule has 0 unspecified atom stereocenters. The summed E-state index contributed by atoms with van der Waals surface area (Å²) in [5, 5.41) is 14.6. The van der Waals surface area contributed by atoms with E-state index in [1.54, 1.807) is 12.1 Å². The molecule has 0 atom stereocenters. The second-order valence-electron chi connectivity index (χ2n) is 3.15. The number of pyridine rings is 1. The van der Waals surface area contributed by atoms with E-state index in [0.29, 0.717) is 11.4 Å². The van der Waals surface area contributed by atoms with E-state index in [4.69, 9.17) is 10.00 Å². The highest BCUT2D eigenvalue weighted by atomic mass is 32.1. The van der Waals surface area contributed by atoms with Gasteiger partial charge < -0.3 is 10.1 Å². The van der Waals surface area contributed by atoms with Gasteiger partial charge in [0, 0.05) is 12.4 Å². The van der Waals surface area contributed by atoms with Crippen LogP contribution in [0.1, 0.15) is 5.69 Å². The summed E-state index contributed by atoms with van der Waals surface area (Å²) in [7, 11) is 3.32. The number of nitrogens with zero attached hydrogens (tertiary/aromatic N) is 3.